The van der Waals surface area contributed by atoms with Crippen LogP contribution in [0.3, 0.4) is 0 Å². The van der Waals surface area contributed by atoms with Crippen LogP contribution in [-0.4, -0.2) is 28.0 Å². The van der Waals surface area contributed by atoms with E-state index in [0.717, 1.165) is 5.70 Å². The summed E-state index contributed by atoms with van der Waals surface area (Å²) in [6.07, 6.45) is 2.19. The van der Waals surface area contributed by atoms with Crippen molar-refractivity contribution in [2.45, 2.75) is 17.8 Å². The highest BCUT2D eigenvalue weighted by atomic mass is 32.2. The molecule has 2 aliphatic heterocycles. The number of aliphatic hydroxyl groups is 2. The number of thioether (sulfide) groups is 1. The molecule has 3 unspecified atom stereocenters. The highest BCUT2D eigenvalue weighted by molar-refractivity contribution is 8.03. The Morgan fingerprint density at radius 2 is 2.25 bits per heavy atom. The zero-order valence-corrected chi connectivity index (χ0v) is 7.08. The van der Waals surface area contributed by atoms with E-state index in [2.05, 4.69) is 10.6 Å². The van der Waals surface area contributed by atoms with Crippen LogP contribution in [0.5, 0.6) is 0 Å². The fourth-order valence-corrected chi connectivity index (χ4v) is 2.12. The predicted octanol–water partition coefficient (Wildman–Crippen LogP) is -0.714. The minimum Gasteiger partial charge on any atom is -0.377 e. The maximum absolute atomic E-state index is 9.47. The number of aliphatic hydroxyl groups excluding tert-OH is 2. The van der Waals surface area contributed by atoms with Crippen molar-refractivity contribution in [3.63, 3.8) is 0 Å². The fraction of sp³-hybridized carbons (Fsp3) is 0.429. The topological polar surface area (TPSA) is 64.5 Å². The van der Waals surface area contributed by atoms with Gasteiger partial charge in [-0.1, -0.05) is 6.08 Å². The lowest BCUT2D eigenvalue weighted by Gasteiger charge is -2.35. The van der Waals surface area contributed by atoms with Crippen molar-refractivity contribution in [2.75, 3.05) is 0 Å². The lowest BCUT2D eigenvalue weighted by atomic mass is 10.2. The van der Waals surface area contributed by atoms with E-state index >= 15 is 0 Å². The molecule has 66 valence electrons. The standard InChI is InChI=1S/C7H10N2O2S/c10-6-5-4(2-1-3-12-5)8-7(11)9-6/h1-3,5-11H. The summed E-state index contributed by atoms with van der Waals surface area (Å²) < 4.78 is 0. The maximum atomic E-state index is 9.47. The number of fused-ring (bicyclic) bond motifs is 1. The molecule has 0 bridgehead atoms. The van der Waals surface area contributed by atoms with Crippen LogP contribution in [0, 0.1) is 0 Å². The first-order chi connectivity index (χ1) is 5.77. The second-order valence-electron chi connectivity index (χ2n) is 2.67. The van der Waals surface area contributed by atoms with Crippen LogP contribution >= 0.6 is 11.8 Å². The molecule has 5 heteroatoms. The SMILES string of the molecule is OC1NC2=CC=CSC2C(O)N1. The van der Waals surface area contributed by atoms with Crippen LogP contribution in [0.4, 0.5) is 0 Å². The molecule has 1 saturated heterocycles. The molecule has 0 amide bonds. The van der Waals surface area contributed by atoms with Crippen molar-refractivity contribution in [3.05, 3.63) is 23.3 Å². The molecule has 4 nitrogen and oxygen atoms in total. The molecular formula is C7H10N2O2S. The van der Waals surface area contributed by atoms with Gasteiger partial charge in [0.2, 0.25) is 0 Å². The number of rotatable bonds is 0. The molecule has 0 aliphatic carbocycles. The minimum atomic E-state index is -0.852. The van der Waals surface area contributed by atoms with Gasteiger partial charge in [0.05, 0.1) is 5.25 Å². The molecule has 1 fully saturated rings. The average molecular weight is 186 g/mol. The number of allylic oxidation sites excluding steroid dienone is 2. The first-order valence-electron chi connectivity index (χ1n) is 3.68. The lowest BCUT2D eigenvalue weighted by Crippen LogP contribution is -2.58. The Balaban J connectivity index is 2.18. The molecule has 0 aromatic carbocycles. The summed E-state index contributed by atoms with van der Waals surface area (Å²) in [5.41, 5.74) is 0.862. The monoisotopic (exact) mass is 186 g/mol. The summed E-state index contributed by atoms with van der Waals surface area (Å²) in [6, 6.07) is 0. The van der Waals surface area contributed by atoms with Gasteiger partial charge in [-0.25, -0.2) is 5.32 Å². The Morgan fingerprint density at radius 1 is 1.42 bits per heavy atom. The van der Waals surface area contributed by atoms with Crippen LogP contribution in [0.2, 0.25) is 0 Å². The summed E-state index contributed by atoms with van der Waals surface area (Å²) in [5.74, 6) is 0. The smallest absolute Gasteiger partial charge is 0.183 e. The predicted molar refractivity (Wildman–Crippen MR) is 46.9 cm³/mol. The molecule has 0 aromatic rings. The third kappa shape index (κ3) is 1.36. The molecule has 2 heterocycles. The second-order valence-corrected chi connectivity index (χ2v) is 3.72. The number of hydrogen-bond donors (Lipinski definition) is 4. The maximum Gasteiger partial charge on any atom is 0.183 e. The molecule has 0 radical (unpaired) electrons. The van der Waals surface area contributed by atoms with Gasteiger partial charge in [0.15, 0.2) is 6.35 Å². The van der Waals surface area contributed by atoms with Crippen molar-refractivity contribution in [3.8, 4) is 0 Å². The van der Waals surface area contributed by atoms with Gasteiger partial charge in [-0.2, -0.15) is 0 Å². The van der Waals surface area contributed by atoms with Crippen LogP contribution in [-0.2, 0) is 0 Å². The first-order valence-corrected chi connectivity index (χ1v) is 4.62. The Bertz CT molecular complexity index is 242. The molecule has 3 atom stereocenters. The minimum absolute atomic E-state index is 0.0293. The summed E-state index contributed by atoms with van der Waals surface area (Å²) in [6.45, 7) is 0. The van der Waals surface area contributed by atoms with E-state index in [1.165, 1.54) is 11.8 Å². The van der Waals surface area contributed by atoms with E-state index in [1.807, 2.05) is 17.6 Å². The highest BCUT2D eigenvalue weighted by Crippen LogP contribution is 2.27. The van der Waals surface area contributed by atoms with Crippen LogP contribution in [0.15, 0.2) is 23.3 Å². The van der Waals surface area contributed by atoms with Gasteiger partial charge in [-0.3, -0.25) is 0 Å². The van der Waals surface area contributed by atoms with Crippen molar-refractivity contribution in [1.29, 1.82) is 0 Å². The third-order valence-electron chi connectivity index (χ3n) is 1.80. The summed E-state index contributed by atoms with van der Waals surface area (Å²) >= 11 is 1.52. The summed E-state index contributed by atoms with van der Waals surface area (Å²) in [5, 5.41) is 25.9. The number of hydrogen-bond acceptors (Lipinski definition) is 5. The molecule has 2 aliphatic rings. The summed E-state index contributed by atoms with van der Waals surface area (Å²) in [4.78, 5) is 0. The molecule has 4 N–H and O–H groups in total. The van der Waals surface area contributed by atoms with Crippen molar-refractivity contribution < 1.29 is 10.2 Å². The van der Waals surface area contributed by atoms with Gasteiger partial charge in [-0.05, 0) is 11.5 Å². The highest BCUT2D eigenvalue weighted by Gasteiger charge is 2.31. The molecule has 2 rings (SSSR count). The van der Waals surface area contributed by atoms with Gasteiger partial charge in [0.25, 0.3) is 0 Å². The third-order valence-corrected chi connectivity index (χ3v) is 2.92. The van der Waals surface area contributed by atoms with Gasteiger partial charge in [0.1, 0.15) is 6.23 Å². The van der Waals surface area contributed by atoms with Crippen molar-refractivity contribution in [2.24, 2.45) is 0 Å². The van der Waals surface area contributed by atoms with E-state index < -0.39 is 12.6 Å². The van der Waals surface area contributed by atoms with Gasteiger partial charge in [0, 0.05) is 5.70 Å². The van der Waals surface area contributed by atoms with E-state index in [4.69, 9.17) is 5.11 Å². The van der Waals surface area contributed by atoms with E-state index in [1.54, 1.807) is 0 Å². The largest absolute Gasteiger partial charge is 0.377 e. The Labute approximate surface area is 74.3 Å². The lowest BCUT2D eigenvalue weighted by molar-refractivity contribution is 0.0102. The average Bonchev–Trinajstić information content (AvgIpc) is 2.04. The molecular weight excluding hydrogens is 176 g/mol. The number of nitrogens with one attached hydrogen (secondary N) is 2. The van der Waals surface area contributed by atoms with Gasteiger partial charge < -0.3 is 15.5 Å². The fourth-order valence-electron chi connectivity index (χ4n) is 1.26. The Hall–Kier alpha value is -0.490. The van der Waals surface area contributed by atoms with Gasteiger partial charge in [-0.15, -0.1) is 11.8 Å². The van der Waals surface area contributed by atoms with E-state index in [9.17, 15) is 5.11 Å². The van der Waals surface area contributed by atoms with Crippen molar-refractivity contribution >= 4 is 11.8 Å². The molecule has 12 heavy (non-hydrogen) atoms. The normalized spacial score (nSPS) is 39.8. The Morgan fingerprint density at radius 3 is 3.08 bits per heavy atom. The quantitative estimate of drug-likeness (QED) is 0.402. The van der Waals surface area contributed by atoms with Crippen LogP contribution in [0.25, 0.3) is 0 Å². The van der Waals surface area contributed by atoms with E-state index in [0.29, 0.717) is 0 Å². The summed E-state index contributed by atoms with van der Waals surface area (Å²) in [7, 11) is 0. The molecule has 0 spiro atoms. The zero-order chi connectivity index (χ0) is 8.55. The van der Waals surface area contributed by atoms with Crippen LogP contribution < -0.4 is 10.6 Å². The zero-order valence-electron chi connectivity index (χ0n) is 6.27. The van der Waals surface area contributed by atoms with Gasteiger partial charge >= 0.3 is 0 Å². The van der Waals surface area contributed by atoms with Crippen LogP contribution in [0.1, 0.15) is 0 Å². The molecule has 0 aromatic heterocycles. The Kier molecular flexibility index (Phi) is 2.10. The second kappa shape index (κ2) is 3.10. The van der Waals surface area contributed by atoms with Crippen molar-refractivity contribution in [1.82, 2.24) is 10.6 Å². The van der Waals surface area contributed by atoms with E-state index in [-0.39, 0.29) is 5.25 Å². The first kappa shape index (κ1) is 8.12. The molecule has 0 saturated carbocycles.